The van der Waals surface area contributed by atoms with Crippen molar-refractivity contribution in [3.05, 3.63) is 49.1 Å². The number of hydrogen-bond acceptors (Lipinski definition) is 7. The van der Waals surface area contributed by atoms with Crippen LogP contribution in [0.1, 0.15) is 0 Å². The van der Waals surface area contributed by atoms with Gasteiger partial charge >= 0.3 is 0 Å². The highest BCUT2D eigenvalue weighted by atomic mass is 32.2. The second-order valence-corrected chi connectivity index (χ2v) is 6.32. The Bertz CT molecular complexity index is 828. The van der Waals surface area contributed by atoms with Gasteiger partial charge in [-0.2, -0.15) is 0 Å². The summed E-state index contributed by atoms with van der Waals surface area (Å²) in [5.74, 6) is 1.26. The van der Waals surface area contributed by atoms with Gasteiger partial charge in [0, 0.05) is 25.5 Å². The molecule has 0 radical (unpaired) electrons. The van der Waals surface area contributed by atoms with E-state index in [2.05, 4.69) is 29.9 Å². The van der Waals surface area contributed by atoms with Crippen molar-refractivity contribution in [3.8, 4) is 5.82 Å². The van der Waals surface area contributed by atoms with Gasteiger partial charge in [-0.15, -0.1) is 10.2 Å². The molecule has 0 aromatic carbocycles. The van der Waals surface area contributed by atoms with E-state index in [9.17, 15) is 8.42 Å². The average Bonchev–Trinajstić information content (AvgIpc) is 3.25. The number of rotatable bonds is 7. The Morgan fingerprint density at radius 1 is 1.13 bits per heavy atom. The molecule has 3 heterocycles. The molecule has 9 nitrogen and oxygen atoms in total. The minimum Gasteiger partial charge on any atom is -0.367 e. The second kappa shape index (κ2) is 6.58. The largest absolute Gasteiger partial charge is 0.367 e. The lowest BCUT2D eigenvalue weighted by Crippen LogP contribution is -2.28. The minimum atomic E-state index is -3.59. The third kappa shape index (κ3) is 3.73. The maximum Gasteiger partial charge on any atom is 0.245 e. The number of nitrogens with zero attached hydrogens (tertiary/aromatic N) is 4. The van der Waals surface area contributed by atoms with Crippen LogP contribution in [0.4, 0.5) is 5.82 Å². The summed E-state index contributed by atoms with van der Waals surface area (Å²) in [5.41, 5.74) is 0. The summed E-state index contributed by atoms with van der Waals surface area (Å²) in [6.07, 6.45) is 5.95. The van der Waals surface area contributed by atoms with Crippen LogP contribution < -0.4 is 10.0 Å². The van der Waals surface area contributed by atoms with Crippen LogP contribution in [-0.4, -0.2) is 41.4 Å². The molecule has 0 amide bonds. The molecule has 0 unspecified atom stereocenters. The highest BCUT2D eigenvalue weighted by molar-refractivity contribution is 7.89. The minimum absolute atomic E-state index is 0.00614. The quantitative estimate of drug-likeness (QED) is 0.609. The first-order chi connectivity index (χ1) is 11.1. The highest BCUT2D eigenvalue weighted by Crippen LogP contribution is 2.07. The second-order valence-electron chi connectivity index (χ2n) is 4.55. The van der Waals surface area contributed by atoms with Gasteiger partial charge in [0.1, 0.15) is 17.0 Å². The van der Waals surface area contributed by atoms with Gasteiger partial charge in [0.05, 0.1) is 6.20 Å². The van der Waals surface area contributed by atoms with E-state index in [1.165, 1.54) is 0 Å². The number of nitrogens with one attached hydrogen (secondary N) is 2. The first-order valence-electron chi connectivity index (χ1n) is 6.75. The lowest BCUT2D eigenvalue weighted by atomic mass is 10.5. The van der Waals surface area contributed by atoms with Crippen molar-refractivity contribution in [2.75, 3.05) is 18.4 Å². The Morgan fingerprint density at radius 2 is 1.96 bits per heavy atom. The maximum atomic E-state index is 11.8. The molecule has 0 aliphatic carbocycles. The molecule has 2 N–H and O–H groups in total. The van der Waals surface area contributed by atoms with Crippen LogP contribution in [0.25, 0.3) is 5.82 Å². The van der Waals surface area contributed by atoms with E-state index in [-0.39, 0.29) is 11.4 Å². The normalized spacial score (nSPS) is 11.5. The number of anilines is 1. The molecule has 0 bridgehead atoms. The summed E-state index contributed by atoms with van der Waals surface area (Å²) >= 11 is 0. The lowest BCUT2D eigenvalue weighted by Gasteiger charge is -2.07. The summed E-state index contributed by atoms with van der Waals surface area (Å²) < 4.78 is 32.4. The van der Waals surface area contributed by atoms with E-state index in [0.717, 1.165) is 12.5 Å². The summed E-state index contributed by atoms with van der Waals surface area (Å²) in [7, 11) is -3.59. The fourth-order valence-electron chi connectivity index (χ4n) is 1.83. The zero-order valence-electron chi connectivity index (χ0n) is 12.0. The molecule has 3 aromatic rings. The molecule has 0 atom stereocenters. The Hall–Kier alpha value is -2.72. The Kier molecular flexibility index (Phi) is 4.35. The van der Waals surface area contributed by atoms with E-state index in [1.54, 1.807) is 6.07 Å². The SMILES string of the molecule is O=S(=O)(NCCNc1ccc(-n2cccc2)nn1)c1cnoc1. The first kappa shape index (κ1) is 15.2. The summed E-state index contributed by atoms with van der Waals surface area (Å²) in [4.78, 5) is -0.00614. The van der Waals surface area contributed by atoms with E-state index in [0.29, 0.717) is 18.2 Å². The fourth-order valence-corrected chi connectivity index (χ4v) is 2.72. The summed E-state index contributed by atoms with van der Waals surface area (Å²) in [6.45, 7) is 0.552. The van der Waals surface area contributed by atoms with Crippen molar-refractivity contribution in [2.24, 2.45) is 0 Å². The zero-order chi connectivity index (χ0) is 16.1. The molecule has 0 saturated carbocycles. The van der Waals surface area contributed by atoms with Crippen LogP contribution in [0.15, 0.2) is 58.5 Å². The molecule has 3 rings (SSSR count). The third-order valence-corrected chi connectivity index (χ3v) is 4.37. The lowest BCUT2D eigenvalue weighted by molar-refractivity contribution is 0.417. The van der Waals surface area contributed by atoms with E-state index in [1.807, 2.05) is 35.2 Å². The molecular weight excluding hydrogens is 320 g/mol. The van der Waals surface area contributed by atoms with E-state index >= 15 is 0 Å². The molecule has 23 heavy (non-hydrogen) atoms. The van der Waals surface area contributed by atoms with Crippen molar-refractivity contribution in [2.45, 2.75) is 4.90 Å². The molecule has 0 aliphatic heterocycles. The van der Waals surface area contributed by atoms with Gasteiger partial charge < -0.3 is 14.4 Å². The molecule has 0 spiro atoms. The fraction of sp³-hybridized carbons (Fsp3) is 0.154. The first-order valence-corrected chi connectivity index (χ1v) is 8.23. The smallest absolute Gasteiger partial charge is 0.245 e. The van der Waals surface area contributed by atoms with Crippen LogP contribution in [0.3, 0.4) is 0 Å². The van der Waals surface area contributed by atoms with Crippen LogP contribution in [-0.2, 0) is 10.0 Å². The average molecular weight is 334 g/mol. The Morgan fingerprint density at radius 3 is 2.61 bits per heavy atom. The predicted molar refractivity (Wildman–Crippen MR) is 81.5 cm³/mol. The van der Waals surface area contributed by atoms with Crippen molar-refractivity contribution in [1.29, 1.82) is 0 Å². The van der Waals surface area contributed by atoms with Gasteiger partial charge in [0.2, 0.25) is 10.0 Å². The van der Waals surface area contributed by atoms with E-state index in [4.69, 9.17) is 0 Å². The van der Waals surface area contributed by atoms with Gasteiger partial charge in [-0.05, 0) is 24.3 Å². The molecule has 3 aromatic heterocycles. The van der Waals surface area contributed by atoms with Gasteiger partial charge in [-0.3, -0.25) is 0 Å². The molecule has 120 valence electrons. The van der Waals surface area contributed by atoms with Crippen LogP contribution >= 0.6 is 0 Å². The molecule has 0 saturated heterocycles. The molecule has 0 aliphatic rings. The van der Waals surface area contributed by atoms with Crippen molar-refractivity contribution < 1.29 is 12.9 Å². The zero-order valence-corrected chi connectivity index (χ0v) is 12.8. The van der Waals surface area contributed by atoms with Gasteiger partial charge in [0.15, 0.2) is 5.82 Å². The monoisotopic (exact) mass is 334 g/mol. The Labute approximate surface area is 132 Å². The van der Waals surface area contributed by atoms with E-state index < -0.39 is 10.0 Å². The Balaban J connectivity index is 1.49. The number of sulfonamides is 1. The van der Waals surface area contributed by atoms with Gasteiger partial charge in [-0.25, -0.2) is 13.1 Å². The van der Waals surface area contributed by atoms with Crippen LogP contribution in [0.5, 0.6) is 0 Å². The molecule has 10 heteroatoms. The molecular formula is C13H14N6O3S. The standard InChI is InChI=1S/C13H14N6O3S/c20-23(21,11-9-15-22-10-11)16-6-5-14-12-3-4-13(18-17-12)19-7-1-2-8-19/h1-4,7-10,16H,5-6H2,(H,14,17). The van der Waals surface area contributed by atoms with Crippen molar-refractivity contribution >= 4 is 15.8 Å². The highest BCUT2D eigenvalue weighted by Gasteiger charge is 2.15. The topological polar surface area (TPSA) is 115 Å². The maximum absolute atomic E-state index is 11.8. The predicted octanol–water partition coefficient (Wildman–Crippen LogP) is 0.646. The van der Waals surface area contributed by atoms with Crippen LogP contribution in [0, 0.1) is 0 Å². The van der Waals surface area contributed by atoms with Gasteiger partial charge in [0.25, 0.3) is 0 Å². The third-order valence-electron chi connectivity index (χ3n) is 2.96. The van der Waals surface area contributed by atoms with Crippen molar-refractivity contribution in [3.63, 3.8) is 0 Å². The summed E-state index contributed by atoms with van der Waals surface area (Å²) in [6, 6.07) is 7.39. The number of aromatic nitrogens is 4. The number of hydrogen-bond donors (Lipinski definition) is 2. The van der Waals surface area contributed by atoms with Crippen molar-refractivity contribution in [1.82, 2.24) is 24.6 Å². The molecule has 0 fully saturated rings. The summed E-state index contributed by atoms with van der Waals surface area (Å²) in [5, 5.41) is 14.5. The van der Waals surface area contributed by atoms with Gasteiger partial charge in [-0.1, -0.05) is 5.16 Å². The van der Waals surface area contributed by atoms with Crippen LogP contribution in [0.2, 0.25) is 0 Å².